The minimum Gasteiger partial charge on any atom is -0.370 e. The van der Waals surface area contributed by atoms with Crippen molar-refractivity contribution < 1.29 is 0 Å². The number of anilines is 1. The Balaban J connectivity index is 2.21. The number of hydrogen-bond donors (Lipinski definition) is 0. The molecule has 0 amide bonds. The molecular weight excluding hydrogens is 298 g/mol. The standard InChI is InChI=1S/C14H19BrClN/c1-10-5-11(2)9-17(8-10)14-4-3-12(7-15)6-13(14)16/h3-4,6,10-11H,5,7-9H2,1-2H3. The molecule has 2 unspecified atom stereocenters. The summed E-state index contributed by atoms with van der Waals surface area (Å²) in [5.74, 6) is 1.51. The van der Waals surface area contributed by atoms with Crippen molar-refractivity contribution in [1.82, 2.24) is 0 Å². The fourth-order valence-corrected chi connectivity index (χ4v) is 3.42. The molecule has 2 atom stereocenters. The maximum Gasteiger partial charge on any atom is 0.0642 e. The van der Waals surface area contributed by atoms with Crippen LogP contribution in [-0.2, 0) is 5.33 Å². The van der Waals surface area contributed by atoms with Crippen LogP contribution in [0.15, 0.2) is 18.2 Å². The van der Waals surface area contributed by atoms with Gasteiger partial charge in [0, 0.05) is 18.4 Å². The summed E-state index contributed by atoms with van der Waals surface area (Å²) in [7, 11) is 0. The van der Waals surface area contributed by atoms with E-state index in [0.717, 1.165) is 35.3 Å². The molecule has 94 valence electrons. The molecule has 1 aliphatic heterocycles. The van der Waals surface area contributed by atoms with Crippen molar-refractivity contribution in [2.45, 2.75) is 25.6 Å². The molecule has 0 bridgehead atoms. The first kappa shape index (κ1) is 13.2. The maximum absolute atomic E-state index is 6.37. The van der Waals surface area contributed by atoms with Crippen molar-refractivity contribution in [3.63, 3.8) is 0 Å². The highest BCUT2D eigenvalue weighted by Gasteiger charge is 2.23. The lowest BCUT2D eigenvalue weighted by atomic mass is 9.91. The Labute approximate surface area is 117 Å². The Morgan fingerprint density at radius 2 is 1.94 bits per heavy atom. The zero-order valence-corrected chi connectivity index (χ0v) is 12.8. The average Bonchev–Trinajstić information content (AvgIpc) is 2.27. The van der Waals surface area contributed by atoms with E-state index in [1.54, 1.807) is 0 Å². The molecule has 0 spiro atoms. The van der Waals surface area contributed by atoms with Crippen LogP contribution in [0.1, 0.15) is 25.8 Å². The minimum absolute atomic E-state index is 0.755. The lowest BCUT2D eigenvalue weighted by Gasteiger charge is -2.37. The molecule has 0 saturated carbocycles. The van der Waals surface area contributed by atoms with E-state index in [2.05, 4.69) is 52.9 Å². The van der Waals surface area contributed by atoms with Crippen molar-refractivity contribution in [2.24, 2.45) is 11.8 Å². The van der Waals surface area contributed by atoms with Crippen molar-refractivity contribution in [1.29, 1.82) is 0 Å². The van der Waals surface area contributed by atoms with Gasteiger partial charge in [-0.15, -0.1) is 0 Å². The van der Waals surface area contributed by atoms with E-state index in [1.807, 2.05) is 0 Å². The topological polar surface area (TPSA) is 3.24 Å². The van der Waals surface area contributed by atoms with Crippen LogP contribution >= 0.6 is 27.5 Å². The molecule has 1 heterocycles. The third kappa shape index (κ3) is 3.17. The summed E-state index contributed by atoms with van der Waals surface area (Å²) in [4.78, 5) is 2.43. The first-order chi connectivity index (χ1) is 8.10. The highest BCUT2D eigenvalue weighted by molar-refractivity contribution is 9.08. The van der Waals surface area contributed by atoms with Crippen LogP contribution in [0.2, 0.25) is 5.02 Å². The van der Waals surface area contributed by atoms with Gasteiger partial charge in [0.1, 0.15) is 0 Å². The van der Waals surface area contributed by atoms with Gasteiger partial charge in [0.05, 0.1) is 10.7 Å². The molecule has 1 fully saturated rings. The van der Waals surface area contributed by atoms with E-state index in [4.69, 9.17) is 11.6 Å². The lowest BCUT2D eigenvalue weighted by Crippen LogP contribution is -2.38. The lowest BCUT2D eigenvalue weighted by molar-refractivity contribution is 0.357. The van der Waals surface area contributed by atoms with Gasteiger partial charge in [-0.25, -0.2) is 0 Å². The Bertz CT molecular complexity index is 384. The Morgan fingerprint density at radius 3 is 2.47 bits per heavy atom. The van der Waals surface area contributed by atoms with Gasteiger partial charge in [-0.1, -0.05) is 47.4 Å². The van der Waals surface area contributed by atoms with Gasteiger partial charge in [0.2, 0.25) is 0 Å². The smallest absolute Gasteiger partial charge is 0.0642 e. The third-order valence-electron chi connectivity index (χ3n) is 3.38. The Morgan fingerprint density at radius 1 is 1.29 bits per heavy atom. The molecule has 1 aliphatic rings. The highest BCUT2D eigenvalue weighted by Crippen LogP contribution is 2.32. The van der Waals surface area contributed by atoms with E-state index in [0.29, 0.717) is 0 Å². The first-order valence-electron chi connectivity index (χ1n) is 6.19. The van der Waals surface area contributed by atoms with Crippen LogP contribution in [0.3, 0.4) is 0 Å². The van der Waals surface area contributed by atoms with Crippen molar-refractivity contribution in [3.8, 4) is 0 Å². The largest absolute Gasteiger partial charge is 0.370 e. The van der Waals surface area contributed by atoms with Crippen molar-refractivity contribution in [2.75, 3.05) is 18.0 Å². The zero-order chi connectivity index (χ0) is 12.4. The maximum atomic E-state index is 6.37. The molecule has 1 nitrogen and oxygen atoms in total. The number of piperidine rings is 1. The summed E-state index contributed by atoms with van der Waals surface area (Å²) < 4.78 is 0. The van der Waals surface area contributed by atoms with Gasteiger partial charge >= 0.3 is 0 Å². The van der Waals surface area contributed by atoms with E-state index >= 15 is 0 Å². The predicted octanol–water partition coefficient (Wildman–Crippen LogP) is 4.72. The first-order valence-corrected chi connectivity index (χ1v) is 7.69. The number of nitrogens with zero attached hydrogens (tertiary/aromatic N) is 1. The van der Waals surface area contributed by atoms with Gasteiger partial charge in [0.25, 0.3) is 0 Å². The van der Waals surface area contributed by atoms with Gasteiger partial charge in [-0.2, -0.15) is 0 Å². The highest BCUT2D eigenvalue weighted by atomic mass is 79.9. The SMILES string of the molecule is CC1CC(C)CN(c2ccc(CBr)cc2Cl)C1. The molecule has 0 radical (unpaired) electrons. The van der Waals surface area contributed by atoms with E-state index in [-0.39, 0.29) is 0 Å². The van der Waals surface area contributed by atoms with Gasteiger partial charge < -0.3 is 4.90 Å². The normalized spacial score (nSPS) is 25.1. The fourth-order valence-electron chi connectivity index (χ4n) is 2.75. The van der Waals surface area contributed by atoms with Crippen molar-refractivity contribution >= 4 is 33.2 Å². The van der Waals surface area contributed by atoms with Crippen LogP contribution in [0.5, 0.6) is 0 Å². The summed E-state index contributed by atoms with van der Waals surface area (Å²) in [6.07, 6.45) is 1.33. The van der Waals surface area contributed by atoms with Crippen LogP contribution in [0.4, 0.5) is 5.69 Å². The number of rotatable bonds is 2. The Kier molecular flexibility index (Phi) is 4.37. The van der Waals surface area contributed by atoms with Crippen LogP contribution in [0.25, 0.3) is 0 Å². The number of alkyl halides is 1. The molecule has 2 rings (SSSR count). The quantitative estimate of drug-likeness (QED) is 0.714. The second-order valence-corrected chi connectivity index (χ2v) is 6.24. The van der Waals surface area contributed by atoms with Crippen LogP contribution in [0, 0.1) is 11.8 Å². The third-order valence-corrected chi connectivity index (χ3v) is 4.33. The number of hydrogen-bond acceptors (Lipinski definition) is 1. The number of benzene rings is 1. The van der Waals surface area contributed by atoms with Gasteiger partial charge in [0.15, 0.2) is 0 Å². The second kappa shape index (κ2) is 5.62. The summed E-state index contributed by atoms with van der Waals surface area (Å²) >= 11 is 9.83. The molecule has 1 aromatic carbocycles. The summed E-state index contributed by atoms with van der Waals surface area (Å²) in [6.45, 7) is 6.89. The average molecular weight is 317 g/mol. The van der Waals surface area contributed by atoms with Crippen LogP contribution in [-0.4, -0.2) is 13.1 Å². The predicted molar refractivity (Wildman–Crippen MR) is 79.2 cm³/mol. The van der Waals surface area contributed by atoms with E-state index < -0.39 is 0 Å². The monoisotopic (exact) mass is 315 g/mol. The molecule has 17 heavy (non-hydrogen) atoms. The molecule has 3 heteroatoms. The molecule has 0 aromatic heterocycles. The van der Waals surface area contributed by atoms with E-state index in [9.17, 15) is 0 Å². The second-order valence-electron chi connectivity index (χ2n) is 5.27. The molecule has 1 saturated heterocycles. The minimum atomic E-state index is 0.755. The molecular formula is C14H19BrClN. The summed E-state index contributed by atoms with van der Waals surface area (Å²) in [5, 5.41) is 1.74. The molecule has 0 N–H and O–H groups in total. The van der Waals surface area contributed by atoms with E-state index in [1.165, 1.54) is 17.7 Å². The fraction of sp³-hybridized carbons (Fsp3) is 0.571. The molecule has 1 aromatic rings. The summed E-state index contributed by atoms with van der Waals surface area (Å²) in [6, 6.07) is 6.37. The van der Waals surface area contributed by atoms with Crippen LogP contribution < -0.4 is 4.90 Å². The number of halogens is 2. The van der Waals surface area contributed by atoms with Crippen molar-refractivity contribution in [3.05, 3.63) is 28.8 Å². The summed E-state index contributed by atoms with van der Waals surface area (Å²) in [5.41, 5.74) is 2.42. The van der Waals surface area contributed by atoms with Gasteiger partial charge in [-0.05, 0) is 36.0 Å². The molecule has 0 aliphatic carbocycles. The Hall–Kier alpha value is -0.210. The zero-order valence-electron chi connectivity index (χ0n) is 10.4. The van der Waals surface area contributed by atoms with Gasteiger partial charge in [-0.3, -0.25) is 0 Å².